The Hall–Kier alpha value is -3.15. The van der Waals surface area contributed by atoms with Gasteiger partial charge in [-0.05, 0) is 68.7 Å². The highest BCUT2D eigenvalue weighted by atomic mass is 35.5. The Morgan fingerprint density at radius 1 is 1.03 bits per heavy atom. The Balaban J connectivity index is 1.81. The van der Waals surface area contributed by atoms with Gasteiger partial charge in [0.1, 0.15) is 5.82 Å². The van der Waals surface area contributed by atoms with Crippen LogP contribution in [0, 0.1) is 6.92 Å². The number of hydrogen-bond acceptors (Lipinski definition) is 3. The topological polar surface area (TPSA) is 55.2 Å². The van der Waals surface area contributed by atoms with Crippen LogP contribution in [-0.2, 0) is 13.0 Å². The molecule has 0 N–H and O–H groups in total. The zero-order valence-electron chi connectivity index (χ0n) is 20.7. The molecule has 0 spiro atoms. The van der Waals surface area contributed by atoms with Crippen molar-refractivity contribution in [3.05, 3.63) is 110 Å². The summed E-state index contributed by atoms with van der Waals surface area (Å²) in [6.45, 7) is 6.78. The molecule has 1 atom stereocenters. The van der Waals surface area contributed by atoms with Crippen LogP contribution in [0.15, 0.2) is 71.5 Å². The van der Waals surface area contributed by atoms with Crippen molar-refractivity contribution < 1.29 is 4.79 Å². The highest BCUT2D eigenvalue weighted by Crippen LogP contribution is 2.28. The van der Waals surface area contributed by atoms with Crippen LogP contribution in [0.1, 0.15) is 53.6 Å². The maximum Gasteiger partial charge on any atom is 0.261 e. The molecule has 0 aliphatic carbocycles. The van der Waals surface area contributed by atoms with Gasteiger partial charge in [0.25, 0.3) is 11.5 Å². The van der Waals surface area contributed by atoms with Crippen molar-refractivity contribution in [1.82, 2.24) is 14.5 Å². The number of carbonyl (C=O) groups is 1. The monoisotopic (exact) mass is 521 g/mol. The first-order valence-corrected chi connectivity index (χ1v) is 12.9. The van der Waals surface area contributed by atoms with Crippen molar-refractivity contribution in [1.29, 1.82) is 0 Å². The summed E-state index contributed by atoms with van der Waals surface area (Å²) in [4.78, 5) is 34.0. The van der Waals surface area contributed by atoms with Crippen LogP contribution >= 0.6 is 23.2 Å². The molecule has 0 aliphatic heterocycles. The smallest absolute Gasteiger partial charge is 0.261 e. The third-order valence-electron chi connectivity index (χ3n) is 6.46. The van der Waals surface area contributed by atoms with Crippen molar-refractivity contribution >= 4 is 40.0 Å². The number of halogens is 2. The van der Waals surface area contributed by atoms with E-state index in [4.69, 9.17) is 28.2 Å². The number of amides is 1. The van der Waals surface area contributed by atoms with Gasteiger partial charge in [-0.15, -0.1) is 0 Å². The van der Waals surface area contributed by atoms with Crippen LogP contribution in [-0.4, -0.2) is 26.9 Å². The quantitative estimate of drug-likeness (QED) is 0.254. The van der Waals surface area contributed by atoms with Gasteiger partial charge in [0.2, 0.25) is 0 Å². The van der Waals surface area contributed by atoms with Crippen molar-refractivity contribution in [2.24, 2.45) is 0 Å². The molecule has 1 unspecified atom stereocenters. The van der Waals surface area contributed by atoms with E-state index in [1.807, 2.05) is 74.2 Å². The summed E-state index contributed by atoms with van der Waals surface area (Å²) < 4.78 is 1.68. The molecule has 186 valence electrons. The number of aryl methyl sites for hydroxylation is 1. The number of rotatable bonds is 8. The Labute approximate surface area is 221 Å². The molecule has 4 aromatic rings. The van der Waals surface area contributed by atoms with Gasteiger partial charge in [0.05, 0.1) is 16.9 Å². The van der Waals surface area contributed by atoms with E-state index < -0.39 is 6.04 Å². The van der Waals surface area contributed by atoms with Crippen LogP contribution < -0.4 is 5.56 Å². The lowest BCUT2D eigenvalue weighted by Crippen LogP contribution is -2.40. The van der Waals surface area contributed by atoms with E-state index in [1.165, 1.54) is 0 Å². The zero-order chi connectivity index (χ0) is 25.8. The van der Waals surface area contributed by atoms with Gasteiger partial charge in [0.15, 0.2) is 0 Å². The summed E-state index contributed by atoms with van der Waals surface area (Å²) in [5.41, 5.74) is 3.10. The number of nitrogens with zero attached hydrogens (tertiary/aromatic N) is 3. The van der Waals surface area contributed by atoms with Crippen LogP contribution in [0.3, 0.4) is 0 Å². The van der Waals surface area contributed by atoms with Gasteiger partial charge < -0.3 is 4.90 Å². The van der Waals surface area contributed by atoms with Gasteiger partial charge in [-0.3, -0.25) is 14.2 Å². The van der Waals surface area contributed by atoms with Crippen LogP contribution in [0.2, 0.25) is 10.0 Å². The van der Waals surface area contributed by atoms with Crippen LogP contribution in [0.5, 0.6) is 0 Å². The van der Waals surface area contributed by atoms with Crippen molar-refractivity contribution in [3.63, 3.8) is 0 Å². The molecule has 1 heterocycles. The van der Waals surface area contributed by atoms with E-state index in [0.717, 1.165) is 11.1 Å². The van der Waals surface area contributed by atoms with Gasteiger partial charge in [-0.25, -0.2) is 4.98 Å². The molecular formula is C29H29Cl2N3O2. The molecule has 1 amide bonds. The van der Waals surface area contributed by atoms with Gasteiger partial charge in [-0.1, -0.05) is 66.0 Å². The van der Waals surface area contributed by atoms with Gasteiger partial charge >= 0.3 is 0 Å². The number of aromatic nitrogens is 2. The lowest BCUT2D eigenvalue weighted by molar-refractivity contribution is 0.0659. The standard InChI is InChI=1S/C29H29Cl2N3O2/c1-4-26(27-32-25-9-7-6-8-23(25)29(36)33(27)5-2)34(28(35)21-12-10-19(3)11-13-21)17-16-20-14-15-22(30)18-24(20)31/h6-15,18,26H,4-5,16-17H2,1-3H3. The van der Waals surface area contributed by atoms with E-state index in [0.29, 0.717) is 58.3 Å². The lowest BCUT2D eigenvalue weighted by atomic mass is 10.1. The number of benzene rings is 3. The third-order valence-corrected chi connectivity index (χ3v) is 7.05. The second-order valence-corrected chi connectivity index (χ2v) is 9.65. The maximum absolute atomic E-state index is 13.9. The molecule has 0 radical (unpaired) electrons. The average Bonchev–Trinajstić information content (AvgIpc) is 2.87. The molecule has 0 aliphatic rings. The minimum atomic E-state index is -0.401. The number of fused-ring (bicyclic) bond motifs is 1. The molecule has 3 aromatic carbocycles. The van der Waals surface area contributed by atoms with E-state index in [9.17, 15) is 9.59 Å². The molecule has 7 heteroatoms. The Morgan fingerprint density at radius 3 is 2.42 bits per heavy atom. The number of hydrogen-bond donors (Lipinski definition) is 0. The summed E-state index contributed by atoms with van der Waals surface area (Å²) in [6.07, 6.45) is 1.13. The van der Waals surface area contributed by atoms with Crippen molar-refractivity contribution in [2.75, 3.05) is 6.54 Å². The Morgan fingerprint density at radius 2 is 1.75 bits per heavy atom. The fourth-order valence-electron chi connectivity index (χ4n) is 4.51. The first kappa shape index (κ1) is 25.9. The van der Waals surface area contributed by atoms with Crippen LogP contribution in [0.4, 0.5) is 0 Å². The fourth-order valence-corrected chi connectivity index (χ4v) is 5.02. The summed E-state index contributed by atoms with van der Waals surface area (Å²) in [6, 6.07) is 19.9. The van der Waals surface area contributed by atoms with Crippen molar-refractivity contribution in [2.45, 2.75) is 46.2 Å². The van der Waals surface area contributed by atoms with E-state index in [-0.39, 0.29) is 11.5 Å². The number of carbonyl (C=O) groups excluding carboxylic acids is 1. The molecule has 0 saturated carbocycles. The summed E-state index contributed by atoms with van der Waals surface area (Å²) >= 11 is 12.5. The first-order valence-electron chi connectivity index (χ1n) is 12.1. The second kappa shape index (κ2) is 11.3. The van der Waals surface area contributed by atoms with E-state index in [1.54, 1.807) is 22.8 Å². The molecule has 1 aromatic heterocycles. The lowest BCUT2D eigenvalue weighted by Gasteiger charge is -2.32. The maximum atomic E-state index is 13.9. The molecule has 0 bridgehead atoms. The highest BCUT2D eigenvalue weighted by molar-refractivity contribution is 6.35. The average molecular weight is 522 g/mol. The highest BCUT2D eigenvalue weighted by Gasteiger charge is 2.29. The third kappa shape index (κ3) is 5.32. The Bertz CT molecular complexity index is 1450. The molecular weight excluding hydrogens is 493 g/mol. The van der Waals surface area contributed by atoms with E-state index >= 15 is 0 Å². The summed E-state index contributed by atoms with van der Waals surface area (Å²) in [5, 5.41) is 1.70. The minimum absolute atomic E-state index is 0.0972. The minimum Gasteiger partial charge on any atom is -0.328 e. The summed E-state index contributed by atoms with van der Waals surface area (Å²) in [7, 11) is 0. The largest absolute Gasteiger partial charge is 0.328 e. The zero-order valence-corrected chi connectivity index (χ0v) is 22.2. The summed E-state index contributed by atoms with van der Waals surface area (Å²) in [5.74, 6) is 0.475. The molecule has 0 fully saturated rings. The molecule has 36 heavy (non-hydrogen) atoms. The molecule has 4 rings (SSSR count). The molecule has 0 saturated heterocycles. The van der Waals surface area contributed by atoms with Crippen molar-refractivity contribution in [3.8, 4) is 0 Å². The van der Waals surface area contributed by atoms with Gasteiger partial charge in [-0.2, -0.15) is 0 Å². The van der Waals surface area contributed by atoms with Crippen LogP contribution in [0.25, 0.3) is 10.9 Å². The molecule has 5 nitrogen and oxygen atoms in total. The SMILES string of the molecule is CCC(c1nc2ccccc2c(=O)n1CC)N(CCc1ccc(Cl)cc1Cl)C(=O)c1ccc(C)cc1. The van der Waals surface area contributed by atoms with Gasteiger partial charge in [0, 0.05) is 28.7 Å². The first-order chi connectivity index (χ1) is 17.3. The predicted molar refractivity (Wildman–Crippen MR) is 147 cm³/mol. The second-order valence-electron chi connectivity index (χ2n) is 8.81. The Kier molecular flexibility index (Phi) is 8.12. The number of para-hydroxylation sites is 1. The predicted octanol–water partition coefficient (Wildman–Crippen LogP) is 6.87. The van der Waals surface area contributed by atoms with E-state index in [2.05, 4.69) is 0 Å². The fraction of sp³-hybridized carbons (Fsp3) is 0.276. The normalized spacial score (nSPS) is 12.0.